The zero-order valence-corrected chi connectivity index (χ0v) is 14.6. The van der Waals surface area contributed by atoms with E-state index in [4.69, 9.17) is 0 Å². The highest BCUT2D eigenvalue weighted by atomic mass is 32.2. The molecule has 2 saturated heterocycles. The van der Waals surface area contributed by atoms with Gasteiger partial charge in [0.25, 0.3) is 0 Å². The predicted molar refractivity (Wildman–Crippen MR) is 90.4 cm³/mol. The first kappa shape index (κ1) is 17.2. The van der Waals surface area contributed by atoms with E-state index in [9.17, 15) is 14.0 Å². The number of thioether (sulfide) groups is 1. The van der Waals surface area contributed by atoms with E-state index < -0.39 is 5.92 Å². The van der Waals surface area contributed by atoms with E-state index in [0.717, 1.165) is 4.90 Å². The summed E-state index contributed by atoms with van der Waals surface area (Å²) in [4.78, 5) is 27.5. The Kier molecular flexibility index (Phi) is 4.80. The molecule has 0 bridgehead atoms. The summed E-state index contributed by atoms with van der Waals surface area (Å²) < 4.78 is 13.8. The van der Waals surface area contributed by atoms with Crippen LogP contribution >= 0.6 is 11.8 Å². The third kappa shape index (κ3) is 3.01. The van der Waals surface area contributed by atoms with Crippen LogP contribution in [0.25, 0.3) is 0 Å². The first-order valence-electron chi connectivity index (χ1n) is 7.81. The Hall–Kier alpha value is -1.64. The monoisotopic (exact) mass is 352 g/mol. The van der Waals surface area contributed by atoms with Crippen molar-refractivity contribution in [2.24, 2.45) is 5.92 Å². The SMILES string of the molecule is CC1NC(SCc2ccccc2F)C2C(=O)N(C)C(=O)N(C)C2N1. The van der Waals surface area contributed by atoms with Gasteiger partial charge in [0.1, 0.15) is 5.82 Å². The minimum absolute atomic E-state index is 0.0594. The van der Waals surface area contributed by atoms with E-state index in [2.05, 4.69) is 10.6 Å². The average Bonchev–Trinajstić information content (AvgIpc) is 2.56. The predicted octanol–water partition coefficient (Wildman–Crippen LogP) is 1.39. The van der Waals surface area contributed by atoms with Crippen molar-refractivity contribution < 1.29 is 14.0 Å². The van der Waals surface area contributed by atoms with Gasteiger partial charge in [-0.3, -0.25) is 20.3 Å². The first-order chi connectivity index (χ1) is 11.4. The van der Waals surface area contributed by atoms with Crippen LogP contribution in [0.2, 0.25) is 0 Å². The quantitative estimate of drug-likeness (QED) is 0.861. The Morgan fingerprint density at radius 3 is 2.62 bits per heavy atom. The van der Waals surface area contributed by atoms with Crippen LogP contribution in [0, 0.1) is 11.7 Å². The zero-order chi connectivity index (χ0) is 17.4. The Bertz CT molecular complexity index is 659. The second-order valence-corrected chi connectivity index (χ2v) is 7.27. The Balaban J connectivity index is 1.80. The standard InChI is InChI=1S/C16H21FN4O2S/c1-9-18-13-12(15(22)21(3)16(23)20(13)2)14(19-9)24-8-10-6-4-5-7-11(10)17/h4-7,9,12-14,18-19H,8H2,1-3H3. The van der Waals surface area contributed by atoms with Gasteiger partial charge >= 0.3 is 6.03 Å². The number of urea groups is 1. The van der Waals surface area contributed by atoms with Gasteiger partial charge in [0.15, 0.2) is 0 Å². The molecule has 2 heterocycles. The largest absolute Gasteiger partial charge is 0.327 e. The van der Waals surface area contributed by atoms with E-state index in [0.29, 0.717) is 11.3 Å². The van der Waals surface area contributed by atoms with Gasteiger partial charge in [0.2, 0.25) is 5.91 Å². The summed E-state index contributed by atoms with van der Waals surface area (Å²) in [5, 5.41) is 6.37. The maximum Gasteiger partial charge on any atom is 0.327 e. The van der Waals surface area contributed by atoms with Crippen LogP contribution in [0.15, 0.2) is 24.3 Å². The molecule has 6 nitrogen and oxygen atoms in total. The lowest BCUT2D eigenvalue weighted by Gasteiger charge is -2.49. The molecule has 0 aliphatic carbocycles. The Morgan fingerprint density at radius 1 is 1.21 bits per heavy atom. The first-order valence-corrected chi connectivity index (χ1v) is 8.86. The molecule has 1 aromatic carbocycles. The molecule has 0 radical (unpaired) electrons. The number of benzene rings is 1. The molecule has 8 heteroatoms. The number of amides is 3. The summed E-state index contributed by atoms with van der Waals surface area (Å²) >= 11 is 1.49. The molecule has 3 rings (SSSR count). The van der Waals surface area contributed by atoms with Crippen molar-refractivity contribution in [3.63, 3.8) is 0 Å². The smallest absolute Gasteiger partial charge is 0.311 e. The lowest BCUT2D eigenvalue weighted by molar-refractivity contribution is -0.140. The minimum Gasteiger partial charge on any atom is -0.311 e. The number of fused-ring (bicyclic) bond motifs is 1. The van der Waals surface area contributed by atoms with Gasteiger partial charge < -0.3 is 4.90 Å². The molecule has 0 saturated carbocycles. The van der Waals surface area contributed by atoms with Gasteiger partial charge in [-0.1, -0.05) is 18.2 Å². The van der Waals surface area contributed by atoms with Crippen LogP contribution in [-0.2, 0) is 10.5 Å². The number of nitrogens with one attached hydrogen (secondary N) is 2. The van der Waals surface area contributed by atoms with E-state index in [1.165, 1.54) is 24.9 Å². The summed E-state index contributed by atoms with van der Waals surface area (Å²) in [5.41, 5.74) is 0.605. The lowest BCUT2D eigenvalue weighted by atomic mass is 9.97. The number of hydrogen-bond donors (Lipinski definition) is 2. The summed E-state index contributed by atoms with van der Waals surface area (Å²) in [6, 6.07) is 6.31. The van der Waals surface area contributed by atoms with Crippen LogP contribution in [0.3, 0.4) is 0 Å². The summed E-state index contributed by atoms with van der Waals surface area (Å²) in [5.74, 6) is -0.441. The van der Waals surface area contributed by atoms with Crippen LogP contribution in [0.4, 0.5) is 9.18 Å². The van der Waals surface area contributed by atoms with Crippen LogP contribution in [0.1, 0.15) is 12.5 Å². The van der Waals surface area contributed by atoms with Gasteiger partial charge in [0, 0.05) is 19.8 Å². The van der Waals surface area contributed by atoms with Crippen LogP contribution in [0.5, 0.6) is 0 Å². The third-order valence-corrected chi connectivity index (χ3v) is 5.77. The highest BCUT2D eigenvalue weighted by molar-refractivity contribution is 7.99. The van der Waals surface area contributed by atoms with E-state index in [1.807, 2.05) is 6.92 Å². The molecule has 3 amide bonds. The lowest BCUT2D eigenvalue weighted by Crippen LogP contribution is -2.73. The van der Waals surface area contributed by atoms with Crippen molar-refractivity contribution in [3.05, 3.63) is 35.6 Å². The molecule has 4 unspecified atom stereocenters. The fraction of sp³-hybridized carbons (Fsp3) is 0.500. The van der Waals surface area contributed by atoms with Gasteiger partial charge in [-0.2, -0.15) is 0 Å². The van der Waals surface area contributed by atoms with Crippen molar-refractivity contribution in [2.45, 2.75) is 30.4 Å². The molecule has 24 heavy (non-hydrogen) atoms. The topological polar surface area (TPSA) is 64.7 Å². The van der Waals surface area contributed by atoms with E-state index in [-0.39, 0.29) is 35.5 Å². The van der Waals surface area contributed by atoms with E-state index >= 15 is 0 Å². The minimum atomic E-state index is -0.425. The number of imide groups is 1. The molecule has 2 aliphatic heterocycles. The van der Waals surface area contributed by atoms with Crippen molar-refractivity contribution >= 4 is 23.7 Å². The van der Waals surface area contributed by atoms with Crippen molar-refractivity contribution in [3.8, 4) is 0 Å². The zero-order valence-electron chi connectivity index (χ0n) is 13.8. The van der Waals surface area contributed by atoms with Crippen molar-refractivity contribution in [1.82, 2.24) is 20.4 Å². The Labute approximate surface area is 144 Å². The number of nitrogens with zero attached hydrogens (tertiary/aromatic N) is 2. The van der Waals surface area contributed by atoms with Crippen LogP contribution < -0.4 is 10.6 Å². The molecule has 4 atom stereocenters. The second-order valence-electron chi connectivity index (χ2n) is 6.14. The average molecular weight is 352 g/mol. The molecule has 0 aromatic heterocycles. The van der Waals surface area contributed by atoms with Gasteiger partial charge in [-0.05, 0) is 18.6 Å². The van der Waals surface area contributed by atoms with Crippen molar-refractivity contribution in [2.75, 3.05) is 14.1 Å². The normalized spacial score (nSPS) is 30.5. The highest BCUT2D eigenvalue weighted by Crippen LogP contribution is 2.32. The number of carbonyl (C=O) groups excluding carboxylic acids is 2. The maximum atomic E-state index is 13.8. The summed E-state index contributed by atoms with van der Waals surface area (Å²) in [6.45, 7) is 1.94. The van der Waals surface area contributed by atoms with Gasteiger partial charge in [0.05, 0.1) is 23.6 Å². The van der Waals surface area contributed by atoms with Crippen molar-refractivity contribution in [1.29, 1.82) is 0 Å². The molecular weight excluding hydrogens is 331 g/mol. The highest BCUT2D eigenvalue weighted by Gasteiger charge is 2.50. The third-order valence-electron chi connectivity index (χ3n) is 4.50. The number of carbonyl (C=O) groups is 2. The molecular formula is C16H21FN4O2S. The second kappa shape index (κ2) is 6.70. The molecule has 130 valence electrons. The Morgan fingerprint density at radius 2 is 1.92 bits per heavy atom. The number of rotatable bonds is 3. The van der Waals surface area contributed by atoms with Gasteiger partial charge in [-0.25, -0.2) is 9.18 Å². The number of halogens is 1. The van der Waals surface area contributed by atoms with E-state index in [1.54, 1.807) is 30.1 Å². The molecule has 2 N–H and O–H groups in total. The maximum absolute atomic E-state index is 13.8. The van der Waals surface area contributed by atoms with Crippen LogP contribution in [-0.4, -0.2) is 53.5 Å². The number of hydrogen-bond acceptors (Lipinski definition) is 5. The fourth-order valence-corrected chi connectivity index (χ4v) is 4.53. The molecule has 2 fully saturated rings. The molecule has 2 aliphatic rings. The summed E-state index contributed by atoms with van der Waals surface area (Å²) in [7, 11) is 3.18. The fourth-order valence-electron chi connectivity index (χ4n) is 3.16. The molecule has 1 aromatic rings. The summed E-state index contributed by atoms with van der Waals surface area (Å²) in [6.07, 6.45) is -0.425. The molecule has 0 spiro atoms. The van der Waals surface area contributed by atoms with Gasteiger partial charge in [-0.15, -0.1) is 11.8 Å².